The number of hydrogen-bond donors (Lipinski definition) is 0. The molecule has 0 heterocycles. The van der Waals surface area contributed by atoms with Crippen LogP contribution in [-0.2, 0) is 0 Å². The van der Waals surface area contributed by atoms with Crippen molar-refractivity contribution in [2.24, 2.45) is 0 Å². The van der Waals surface area contributed by atoms with Crippen LogP contribution < -0.4 is 0 Å². The molecule has 82 valence electrons. The number of allylic oxidation sites excluding steroid dienone is 2. The van der Waals surface area contributed by atoms with E-state index in [1.54, 1.807) is 0 Å². The molecular formula is C16H11I. The van der Waals surface area contributed by atoms with Crippen LogP contribution in [0.5, 0.6) is 0 Å². The van der Waals surface area contributed by atoms with Crippen molar-refractivity contribution in [3.05, 3.63) is 74.9 Å². The van der Waals surface area contributed by atoms with Gasteiger partial charge in [-0.05, 0) is 63.1 Å². The van der Waals surface area contributed by atoms with Crippen molar-refractivity contribution in [2.45, 2.75) is 0 Å². The van der Waals surface area contributed by atoms with Crippen molar-refractivity contribution in [2.75, 3.05) is 0 Å². The Bertz CT molecular complexity index is 604. The predicted molar refractivity (Wildman–Crippen MR) is 82.5 cm³/mol. The third-order valence-corrected chi connectivity index (χ3v) is 3.63. The first kappa shape index (κ1) is 10.8. The van der Waals surface area contributed by atoms with E-state index in [2.05, 4.69) is 89.3 Å². The lowest BCUT2D eigenvalue weighted by molar-refractivity contribution is 1.59. The first-order valence-corrected chi connectivity index (χ1v) is 6.65. The van der Waals surface area contributed by atoms with Gasteiger partial charge in [-0.15, -0.1) is 0 Å². The minimum atomic E-state index is 1.25. The second kappa shape index (κ2) is 4.49. The van der Waals surface area contributed by atoms with Crippen LogP contribution in [0.15, 0.2) is 54.6 Å². The molecule has 2 aromatic carbocycles. The molecule has 0 nitrogen and oxygen atoms in total. The number of halogens is 1. The van der Waals surface area contributed by atoms with Gasteiger partial charge in [0.15, 0.2) is 0 Å². The van der Waals surface area contributed by atoms with Crippen molar-refractivity contribution >= 4 is 40.3 Å². The van der Waals surface area contributed by atoms with Crippen molar-refractivity contribution in [3.8, 4) is 0 Å². The lowest BCUT2D eigenvalue weighted by atomic mass is 10.0. The number of rotatable bonds is 1. The van der Waals surface area contributed by atoms with Gasteiger partial charge in [-0.1, -0.05) is 48.6 Å². The van der Waals surface area contributed by atoms with Gasteiger partial charge >= 0.3 is 0 Å². The summed E-state index contributed by atoms with van der Waals surface area (Å²) in [5, 5.41) is 0. The normalized spacial score (nSPS) is 15.2. The molecule has 0 saturated heterocycles. The summed E-state index contributed by atoms with van der Waals surface area (Å²) in [5.41, 5.74) is 5.18. The molecule has 0 unspecified atom stereocenters. The Hall–Kier alpha value is -1.35. The van der Waals surface area contributed by atoms with E-state index in [0.29, 0.717) is 0 Å². The van der Waals surface area contributed by atoms with Gasteiger partial charge in [0.2, 0.25) is 0 Å². The van der Waals surface area contributed by atoms with E-state index in [9.17, 15) is 0 Å². The highest BCUT2D eigenvalue weighted by Gasteiger charge is 2.08. The molecule has 0 amide bonds. The second-order valence-corrected chi connectivity index (χ2v) is 5.32. The highest BCUT2D eigenvalue weighted by molar-refractivity contribution is 14.1. The van der Waals surface area contributed by atoms with Crippen LogP contribution in [0.25, 0.3) is 17.7 Å². The van der Waals surface area contributed by atoms with Gasteiger partial charge in [0.05, 0.1) is 0 Å². The fourth-order valence-corrected chi connectivity index (χ4v) is 2.40. The molecule has 0 N–H and O–H groups in total. The molecule has 0 bridgehead atoms. The maximum Gasteiger partial charge on any atom is 0.0130 e. The molecule has 0 fully saturated rings. The van der Waals surface area contributed by atoms with E-state index in [4.69, 9.17) is 0 Å². The van der Waals surface area contributed by atoms with E-state index in [0.717, 1.165) is 0 Å². The minimum absolute atomic E-state index is 1.25. The van der Waals surface area contributed by atoms with Gasteiger partial charge < -0.3 is 0 Å². The quantitative estimate of drug-likeness (QED) is 0.655. The Morgan fingerprint density at radius 1 is 0.824 bits per heavy atom. The van der Waals surface area contributed by atoms with Gasteiger partial charge in [-0.2, -0.15) is 0 Å². The lowest BCUT2D eigenvalue weighted by Crippen LogP contribution is -1.80. The van der Waals surface area contributed by atoms with Crippen LogP contribution >= 0.6 is 22.6 Å². The van der Waals surface area contributed by atoms with E-state index < -0.39 is 0 Å². The van der Waals surface area contributed by atoms with Crippen molar-refractivity contribution in [1.29, 1.82) is 0 Å². The van der Waals surface area contributed by atoms with Crippen LogP contribution in [0, 0.1) is 3.57 Å². The Morgan fingerprint density at radius 2 is 1.59 bits per heavy atom. The van der Waals surface area contributed by atoms with Gasteiger partial charge in [0, 0.05) is 3.57 Å². The van der Waals surface area contributed by atoms with Crippen LogP contribution in [0.3, 0.4) is 0 Å². The van der Waals surface area contributed by atoms with Gasteiger partial charge in [0.1, 0.15) is 0 Å². The SMILES string of the molecule is Ic1ccc(/C=C2\C=Cc3ccccc32)cc1. The zero-order valence-corrected chi connectivity index (χ0v) is 11.4. The highest BCUT2D eigenvalue weighted by atomic mass is 127. The number of benzene rings is 2. The van der Waals surface area contributed by atoms with Crippen LogP contribution in [0.1, 0.15) is 16.7 Å². The summed E-state index contributed by atoms with van der Waals surface area (Å²) in [6, 6.07) is 17.1. The van der Waals surface area contributed by atoms with Crippen molar-refractivity contribution < 1.29 is 0 Å². The molecule has 2 aromatic rings. The van der Waals surface area contributed by atoms with Crippen LogP contribution in [-0.4, -0.2) is 0 Å². The number of fused-ring (bicyclic) bond motifs is 1. The standard InChI is InChI=1S/C16H11I/c17-15-9-5-12(6-10-15)11-14-8-7-13-3-1-2-4-16(13)14/h1-11H/b14-11+. The summed E-state index contributed by atoms with van der Waals surface area (Å²) in [5.74, 6) is 0. The van der Waals surface area contributed by atoms with E-state index in [1.807, 2.05) is 0 Å². The summed E-state index contributed by atoms with van der Waals surface area (Å²) >= 11 is 2.33. The topological polar surface area (TPSA) is 0 Å². The third kappa shape index (κ3) is 2.20. The molecule has 1 heteroatoms. The molecule has 0 aromatic heterocycles. The Kier molecular flexibility index (Phi) is 2.85. The molecule has 1 aliphatic carbocycles. The average molecular weight is 330 g/mol. The monoisotopic (exact) mass is 330 g/mol. The first-order chi connectivity index (χ1) is 8.33. The Morgan fingerprint density at radius 3 is 2.41 bits per heavy atom. The van der Waals surface area contributed by atoms with Crippen LogP contribution in [0.2, 0.25) is 0 Å². The zero-order chi connectivity index (χ0) is 11.7. The largest absolute Gasteiger partial charge is 0.0616 e. The van der Waals surface area contributed by atoms with Crippen molar-refractivity contribution in [3.63, 3.8) is 0 Å². The Balaban J connectivity index is 2.02. The molecule has 0 spiro atoms. The maximum absolute atomic E-state index is 2.33. The van der Waals surface area contributed by atoms with Gasteiger partial charge in [0.25, 0.3) is 0 Å². The second-order valence-electron chi connectivity index (χ2n) is 4.07. The predicted octanol–water partition coefficient (Wildman–Crippen LogP) is 4.86. The third-order valence-electron chi connectivity index (χ3n) is 2.91. The van der Waals surface area contributed by atoms with Crippen LogP contribution in [0.4, 0.5) is 0 Å². The Labute approximate surface area is 115 Å². The fourth-order valence-electron chi connectivity index (χ4n) is 2.04. The lowest BCUT2D eigenvalue weighted by Gasteiger charge is -2.01. The summed E-state index contributed by atoms with van der Waals surface area (Å²) in [7, 11) is 0. The summed E-state index contributed by atoms with van der Waals surface area (Å²) in [6.07, 6.45) is 6.59. The first-order valence-electron chi connectivity index (χ1n) is 5.58. The highest BCUT2D eigenvalue weighted by Crippen LogP contribution is 2.30. The minimum Gasteiger partial charge on any atom is -0.0616 e. The molecule has 0 aliphatic heterocycles. The van der Waals surface area contributed by atoms with E-state index in [-0.39, 0.29) is 0 Å². The summed E-state index contributed by atoms with van der Waals surface area (Å²) < 4.78 is 1.27. The molecule has 0 radical (unpaired) electrons. The molecule has 1 aliphatic rings. The smallest absolute Gasteiger partial charge is 0.0130 e. The molecule has 0 saturated carbocycles. The van der Waals surface area contributed by atoms with E-state index >= 15 is 0 Å². The fraction of sp³-hybridized carbons (Fsp3) is 0. The molecule has 0 atom stereocenters. The van der Waals surface area contributed by atoms with Gasteiger partial charge in [-0.25, -0.2) is 0 Å². The number of hydrogen-bond acceptors (Lipinski definition) is 0. The average Bonchev–Trinajstić information content (AvgIpc) is 2.76. The molecule has 3 rings (SSSR count). The molecular weight excluding hydrogens is 319 g/mol. The zero-order valence-electron chi connectivity index (χ0n) is 9.23. The summed E-state index contributed by atoms with van der Waals surface area (Å²) in [6.45, 7) is 0. The molecule has 17 heavy (non-hydrogen) atoms. The van der Waals surface area contributed by atoms with Gasteiger partial charge in [-0.3, -0.25) is 0 Å². The van der Waals surface area contributed by atoms with Crippen molar-refractivity contribution in [1.82, 2.24) is 0 Å². The maximum atomic E-state index is 2.33. The van der Waals surface area contributed by atoms with E-state index in [1.165, 1.54) is 25.8 Å². The summed E-state index contributed by atoms with van der Waals surface area (Å²) in [4.78, 5) is 0.